The van der Waals surface area contributed by atoms with Crippen LogP contribution in [0.4, 0.5) is 5.13 Å². The maximum Gasteiger partial charge on any atom is 0.257 e. The molecular weight excluding hydrogens is 362 g/mol. The molecule has 4 rings (SSSR count). The maximum absolute atomic E-state index is 12.3. The SMILES string of the molecule is O=C(NC(=S)Nc1nc2ccccc2s1)c1ccc2nsnc2c1. The van der Waals surface area contributed by atoms with Crippen LogP contribution in [0.1, 0.15) is 10.4 Å². The van der Waals surface area contributed by atoms with Crippen LogP contribution < -0.4 is 10.6 Å². The first-order valence-corrected chi connectivity index (χ1v) is 8.85. The highest BCUT2D eigenvalue weighted by Crippen LogP contribution is 2.25. The molecule has 2 N–H and O–H groups in total. The number of amides is 1. The Labute approximate surface area is 149 Å². The lowest BCUT2D eigenvalue weighted by atomic mass is 10.2. The van der Waals surface area contributed by atoms with Crippen molar-refractivity contribution in [2.24, 2.45) is 0 Å². The van der Waals surface area contributed by atoms with Crippen molar-refractivity contribution in [1.29, 1.82) is 0 Å². The molecule has 2 heterocycles. The van der Waals surface area contributed by atoms with Crippen LogP contribution in [-0.4, -0.2) is 24.8 Å². The number of thiocarbonyl (C=S) groups is 1. The molecule has 2 aromatic carbocycles. The van der Waals surface area contributed by atoms with E-state index in [0.29, 0.717) is 16.2 Å². The normalized spacial score (nSPS) is 10.8. The number of thiazole rings is 1. The van der Waals surface area contributed by atoms with Crippen LogP contribution in [0.3, 0.4) is 0 Å². The van der Waals surface area contributed by atoms with Gasteiger partial charge in [0.15, 0.2) is 10.2 Å². The number of fused-ring (bicyclic) bond motifs is 2. The lowest BCUT2D eigenvalue weighted by Crippen LogP contribution is -2.34. The first-order valence-electron chi connectivity index (χ1n) is 6.89. The third-order valence-corrected chi connectivity index (χ3v) is 4.97. The standard InChI is InChI=1S/C15H9N5OS3/c21-13(8-5-6-9-11(7-8)20-24-19-9)17-14(22)18-15-16-10-3-1-2-4-12(10)23-15/h1-7H,(H2,16,17,18,21,22). The average molecular weight is 371 g/mol. The lowest BCUT2D eigenvalue weighted by molar-refractivity contribution is 0.0978. The monoisotopic (exact) mass is 371 g/mol. The van der Waals surface area contributed by atoms with E-state index in [4.69, 9.17) is 12.2 Å². The molecule has 0 aliphatic rings. The van der Waals surface area contributed by atoms with Crippen LogP contribution in [0, 0.1) is 0 Å². The van der Waals surface area contributed by atoms with Gasteiger partial charge >= 0.3 is 0 Å². The minimum atomic E-state index is -0.302. The lowest BCUT2D eigenvalue weighted by Gasteiger charge is -2.06. The number of carbonyl (C=O) groups is 1. The second-order valence-electron chi connectivity index (χ2n) is 4.86. The van der Waals surface area contributed by atoms with Crippen LogP contribution >= 0.6 is 35.3 Å². The molecule has 0 saturated carbocycles. The van der Waals surface area contributed by atoms with Crippen molar-refractivity contribution in [2.45, 2.75) is 0 Å². The van der Waals surface area contributed by atoms with E-state index in [2.05, 4.69) is 24.4 Å². The molecule has 0 atom stereocenters. The number of benzene rings is 2. The van der Waals surface area contributed by atoms with Crippen molar-refractivity contribution >= 4 is 72.7 Å². The predicted molar refractivity (Wildman–Crippen MR) is 101 cm³/mol. The molecule has 2 aromatic heterocycles. The van der Waals surface area contributed by atoms with Crippen molar-refractivity contribution in [3.8, 4) is 0 Å². The minimum absolute atomic E-state index is 0.204. The molecule has 4 aromatic rings. The molecule has 0 fully saturated rings. The molecule has 24 heavy (non-hydrogen) atoms. The zero-order valence-corrected chi connectivity index (χ0v) is 14.5. The van der Waals surface area contributed by atoms with Gasteiger partial charge in [-0.3, -0.25) is 10.1 Å². The fourth-order valence-electron chi connectivity index (χ4n) is 2.15. The molecular formula is C15H9N5OS3. The second kappa shape index (κ2) is 6.19. The summed E-state index contributed by atoms with van der Waals surface area (Å²) in [7, 11) is 0. The molecule has 9 heteroatoms. The molecule has 1 amide bonds. The Morgan fingerprint density at radius 2 is 1.88 bits per heavy atom. The first kappa shape index (κ1) is 15.1. The number of nitrogens with zero attached hydrogens (tertiary/aromatic N) is 3. The largest absolute Gasteiger partial charge is 0.308 e. The van der Waals surface area contributed by atoms with Gasteiger partial charge < -0.3 is 5.32 Å². The Morgan fingerprint density at radius 3 is 2.75 bits per heavy atom. The molecule has 0 aliphatic carbocycles. The van der Waals surface area contributed by atoms with Crippen molar-refractivity contribution in [1.82, 2.24) is 19.0 Å². The van der Waals surface area contributed by atoms with Crippen molar-refractivity contribution in [3.05, 3.63) is 48.0 Å². The predicted octanol–water partition coefficient (Wildman–Crippen LogP) is 3.43. The summed E-state index contributed by atoms with van der Waals surface area (Å²) in [6.07, 6.45) is 0. The molecule has 0 saturated heterocycles. The summed E-state index contributed by atoms with van der Waals surface area (Å²) < 4.78 is 9.29. The van der Waals surface area contributed by atoms with E-state index >= 15 is 0 Å². The van der Waals surface area contributed by atoms with E-state index in [-0.39, 0.29) is 11.0 Å². The van der Waals surface area contributed by atoms with E-state index in [1.54, 1.807) is 18.2 Å². The summed E-state index contributed by atoms with van der Waals surface area (Å²) in [4.78, 5) is 16.7. The number of carbonyl (C=O) groups excluding carboxylic acids is 1. The minimum Gasteiger partial charge on any atom is -0.308 e. The van der Waals surface area contributed by atoms with E-state index in [0.717, 1.165) is 27.5 Å². The number of nitrogens with one attached hydrogen (secondary N) is 2. The summed E-state index contributed by atoms with van der Waals surface area (Å²) in [6, 6.07) is 12.9. The molecule has 6 nitrogen and oxygen atoms in total. The van der Waals surface area contributed by atoms with Crippen molar-refractivity contribution < 1.29 is 4.79 Å². The summed E-state index contributed by atoms with van der Waals surface area (Å²) >= 11 is 7.78. The van der Waals surface area contributed by atoms with E-state index in [1.807, 2.05) is 24.3 Å². The van der Waals surface area contributed by atoms with Gasteiger partial charge in [-0.1, -0.05) is 23.5 Å². The fraction of sp³-hybridized carbons (Fsp3) is 0. The Morgan fingerprint density at radius 1 is 1.04 bits per heavy atom. The number of rotatable bonds is 2. The van der Waals surface area contributed by atoms with Crippen molar-refractivity contribution in [2.75, 3.05) is 5.32 Å². The quantitative estimate of drug-likeness (QED) is 0.526. The van der Waals surface area contributed by atoms with Crippen LogP contribution in [0.25, 0.3) is 21.3 Å². The molecule has 0 unspecified atom stereocenters. The number of hydrogen-bond donors (Lipinski definition) is 2. The number of hydrogen-bond acceptors (Lipinski definition) is 7. The Balaban J connectivity index is 1.47. The van der Waals surface area contributed by atoms with Gasteiger partial charge in [-0.05, 0) is 42.5 Å². The Kier molecular flexibility index (Phi) is 3.89. The molecule has 0 spiro atoms. The summed E-state index contributed by atoms with van der Waals surface area (Å²) in [5.41, 5.74) is 2.83. The van der Waals surface area contributed by atoms with Crippen molar-refractivity contribution in [3.63, 3.8) is 0 Å². The third kappa shape index (κ3) is 2.96. The van der Waals surface area contributed by atoms with E-state index in [1.165, 1.54) is 11.3 Å². The van der Waals surface area contributed by atoms with Gasteiger partial charge in [0.25, 0.3) is 5.91 Å². The van der Waals surface area contributed by atoms with Gasteiger partial charge in [0, 0.05) is 5.56 Å². The fourth-order valence-corrected chi connectivity index (χ4v) is 3.79. The highest BCUT2D eigenvalue weighted by Gasteiger charge is 2.11. The molecule has 118 valence electrons. The van der Waals surface area contributed by atoms with E-state index < -0.39 is 0 Å². The summed E-state index contributed by atoms with van der Waals surface area (Å²) in [5, 5.41) is 6.44. The smallest absolute Gasteiger partial charge is 0.257 e. The topological polar surface area (TPSA) is 79.8 Å². The highest BCUT2D eigenvalue weighted by atomic mass is 32.1. The number of aromatic nitrogens is 3. The van der Waals surface area contributed by atoms with Crippen LogP contribution in [0.15, 0.2) is 42.5 Å². The second-order valence-corrected chi connectivity index (χ2v) is 6.83. The molecule has 0 bridgehead atoms. The molecule has 0 radical (unpaired) electrons. The third-order valence-electron chi connectivity index (χ3n) is 3.26. The first-order chi connectivity index (χ1) is 11.7. The molecule has 0 aliphatic heterocycles. The zero-order chi connectivity index (χ0) is 16.5. The van der Waals surface area contributed by atoms with Gasteiger partial charge in [0.05, 0.1) is 21.9 Å². The summed E-state index contributed by atoms with van der Waals surface area (Å²) in [6.45, 7) is 0. The summed E-state index contributed by atoms with van der Waals surface area (Å²) in [5.74, 6) is -0.302. The zero-order valence-electron chi connectivity index (χ0n) is 12.0. The van der Waals surface area contributed by atoms with Crippen LogP contribution in [0.2, 0.25) is 0 Å². The van der Waals surface area contributed by atoms with Crippen LogP contribution in [-0.2, 0) is 0 Å². The van der Waals surface area contributed by atoms with Crippen LogP contribution in [0.5, 0.6) is 0 Å². The number of para-hydroxylation sites is 1. The average Bonchev–Trinajstić information content (AvgIpc) is 3.19. The Hall–Kier alpha value is -2.49. The Bertz CT molecular complexity index is 1040. The van der Waals surface area contributed by atoms with Gasteiger partial charge in [-0.2, -0.15) is 8.75 Å². The maximum atomic E-state index is 12.3. The highest BCUT2D eigenvalue weighted by molar-refractivity contribution is 7.80. The van der Waals surface area contributed by atoms with Gasteiger partial charge in [0.1, 0.15) is 11.0 Å². The van der Waals surface area contributed by atoms with E-state index in [9.17, 15) is 4.79 Å². The number of anilines is 1. The van der Waals surface area contributed by atoms with Gasteiger partial charge in [-0.25, -0.2) is 4.98 Å². The van der Waals surface area contributed by atoms with Gasteiger partial charge in [0.2, 0.25) is 0 Å². The van der Waals surface area contributed by atoms with Gasteiger partial charge in [-0.15, -0.1) is 0 Å².